The number of rotatable bonds is 4. The van der Waals surface area contributed by atoms with E-state index in [0.717, 1.165) is 11.3 Å². The lowest BCUT2D eigenvalue weighted by atomic mass is 9.72. The Morgan fingerprint density at radius 3 is 2.60 bits per heavy atom. The first kappa shape index (κ1) is 20.2. The van der Waals surface area contributed by atoms with Gasteiger partial charge < -0.3 is 15.4 Å². The number of hydrogen-bond acceptors (Lipinski definition) is 4. The van der Waals surface area contributed by atoms with Gasteiger partial charge in [0.2, 0.25) is 11.8 Å². The van der Waals surface area contributed by atoms with Crippen LogP contribution in [-0.2, 0) is 14.4 Å². The van der Waals surface area contributed by atoms with Gasteiger partial charge in [-0.15, -0.1) is 0 Å². The van der Waals surface area contributed by atoms with E-state index in [2.05, 4.69) is 10.6 Å². The minimum atomic E-state index is -0.756. The molecule has 0 radical (unpaired) electrons. The number of hydrogen-bond donors (Lipinski definition) is 2. The summed E-state index contributed by atoms with van der Waals surface area (Å²) in [5.74, 6) is -1.53. The van der Waals surface area contributed by atoms with Crippen LogP contribution in [0.1, 0.15) is 24.3 Å². The molecule has 0 saturated carbocycles. The summed E-state index contributed by atoms with van der Waals surface area (Å²) in [6.07, 6.45) is 2.13. The number of ketones is 1. The minimum absolute atomic E-state index is 0.0344. The third kappa shape index (κ3) is 4.09. The lowest BCUT2D eigenvalue weighted by molar-refractivity contribution is -0.136. The molecular formula is C23H21ClN2O4. The zero-order valence-corrected chi connectivity index (χ0v) is 17.1. The molecule has 6 nitrogen and oxygen atoms in total. The molecule has 7 heteroatoms. The van der Waals surface area contributed by atoms with Crippen LogP contribution in [0.15, 0.2) is 60.3 Å². The molecule has 4 rings (SSSR count). The summed E-state index contributed by atoms with van der Waals surface area (Å²) >= 11 is 5.98. The number of halogens is 1. The zero-order valence-electron chi connectivity index (χ0n) is 16.4. The van der Waals surface area contributed by atoms with Gasteiger partial charge in [-0.05, 0) is 35.9 Å². The molecule has 2 aromatic carbocycles. The Hall–Kier alpha value is -3.12. The van der Waals surface area contributed by atoms with Gasteiger partial charge in [0.1, 0.15) is 11.5 Å². The number of ether oxygens (including phenoxy) is 1. The monoisotopic (exact) mass is 424 g/mol. The fraction of sp³-hybridized carbons (Fsp3) is 0.261. The van der Waals surface area contributed by atoms with E-state index in [4.69, 9.17) is 16.3 Å². The van der Waals surface area contributed by atoms with Gasteiger partial charge in [0, 0.05) is 35.2 Å². The van der Waals surface area contributed by atoms with Crippen molar-refractivity contribution in [1.29, 1.82) is 0 Å². The van der Waals surface area contributed by atoms with Crippen LogP contribution in [0.2, 0.25) is 5.02 Å². The van der Waals surface area contributed by atoms with Crippen LogP contribution >= 0.6 is 11.6 Å². The predicted octanol–water partition coefficient (Wildman–Crippen LogP) is 3.68. The molecule has 2 N–H and O–H groups in total. The molecular weight excluding hydrogens is 404 g/mol. The Kier molecular flexibility index (Phi) is 5.59. The second-order valence-electron chi connectivity index (χ2n) is 7.51. The minimum Gasteiger partial charge on any atom is -0.497 e. The molecule has 0 spiro atoms. The van der Waals surface area contributed by atoms with E-state index in [1.807, 2.05) is 30.3 Å². The number of benzene rings is 2. The number of nitrogens with one attached hydrogen (secondary N) is 2. The van der Waals surface area contributed by atoms with Crippen molar-refractivity contribution in [2.45, 2.75) is 18.8 Å². The number of amides is 2. The maximum atomic E-state index is 13.0. The lowest BCUT2D eigenvalue weighted by Gasteiger charge is -2.36. The summed E-state index contributed by atoms with van der Waals surface area (Å²) in [5.41, 5.74) is 1.99. The Morgan fingerprint density at radius 2 is 1.90 bits per heavy atom. The Balaban J connectivity index is 1.59. The Bertz CT molecular complexity index is 1030. The van der Waals surface area contributed by atoms with Crippen molar-refractivity contribution in [3.8, 4) is 5.75 Å². The fourth-order valence-corrected chi connectivity index (χ4v) is 4.29. The fourth-order valence-electron chi connectivity index (χ4n) is 4.10. The van der Waals surface area contributed by atoms with Crippen molar-refractivity contribution in [1.82, 2.24) is 5.32 Å². The molecule has 2 amide bonds. The number of piperidine rings is 1. The molecule has 0 unspecified atom stereocenters. The molecule has 1 fully saturated rings. The summed E-state index contributed by atoms with van der Waals surface area (Å²) in [6.45, 7) is 0. The quantitative estimate of drug-likeness (QED) is 0.784. The molecule has 3 atom stereocenters. The highest BCUT2D eigenvalue weighted by Crippen LogP contribution is 2.39. The zero-order chi connectivity index (χ0) is 21.3. The third-order valence-electron chi connectivity index (χ3n) is 5.55. The summed E-state index contributed by atoms with van der Waals surface area (Å²) in [7, 11) is 1.60. The number of Topliss-reactive ketones (excluding diaryl/α,β-unsaturated/α-hetero) is 1. The standard InChI is InChI=1S/C23H21ClN2O4/c1-30-17-7-5-13(6-8-17)14-9-19-22(20(27)10-14)18(12-21(28)26-19)23(29)25-16-4-2-3-15(24)11-16/h2-9,11,14,18,22H,10,12H2,1H3,(H,25,29)(H,26,28)/t14-,18-,22-/m0/s1. The van der Waals surface area contributed by atoms with Crippen LogP contribution in [0, 0.1) is 11.8 Å². The molecule has 2 aromatic rings. The van der Waals surface area contributed by atoms with E-state index < -0.39 is 11.8 Å². The van der Waals surface area contributed by atoms with Gasteiger partial charge in [0.15, 0.2) is 0 Å². The maximum Gasteiger partial charge on any atom is 0.229 e. The number of methoxy groups -OCH3 is 1. The Morgan fingerprint density at radius 1 is 1.13 bits per heavy atom. The van der Waals surface area contributed by atoms with E-state index in [1.165, 1.54) is 0 Å². The topological polar surface area (TPSA) is 84.5 Å². The first-order chi connectivity index (χ1) is 14.4. The van der Waals surface area contributed by atoms with Gasteiger partial charge in [0.25, 0.3) is 0 Å². The van der Waals surface area contributed by atoms with Crippen molar-refractivity contribution < 1.29 is 19.1 Å². The van der Waals surface area contributed by atoms with Crippen LogP contribution in [-0.4, -0.2) is 24.7 Å². The third-order valence-corrected chi connectivity index (χ3v) is 5.78. The summed E-state index contributed by atoms with van der Waals surface area (Å²) < 4.78 is 5.18. The van der Waals surface area contributed by atoms with Gasteiger partial charge in [-0.2, -0.15) is 0 Å². The van der Waals surface area contributed by atoms with E-state index in [9.17, 15) is 14.4 Å². The summed E-state index contributed by atoms with van der Waals surface area (Å²) in [5, 5.41) is 6.08. The number of allylic oxidation sites excluding steroid dienone is 2. The second kappa shape index (κ2) is 8.32. The molecule has 0 bridgehead atoms. The number of carbonyl (C=O) groups is 3. The van der Waals surface area contributed by atoms with Crippen molar-refractivity contribution in [2.24, 2.45) is 11.8 Å². The predicted molar refractivity (Wildman–Crippen MR) is 113 cm³/mol. The lowest BCUT2D eigenvalue weighted by Crippen LogP contribution is -2.48. The van der Waals surface area contributed by atoms with Crippen molar-refractivity contribution in [3.05, 3.63) is 70.9 Å². The molecule has 154 valence electrons. The highest BCUT2D eigenvalue weighted by atomic mass is 35.5. The normalized spacial score (nSPS) is 23.1. The second-order valence-corrected chi connectivity index (χ2v) is 7.94. The highest BCUT2D eigenvalue weighted by Gasteiger charge is 2.44. The number of carbonyl (C=O) groups excluding carboxylic acids is 3. The molecule has 2 aliphatic rings. The van der Waals surface area contributed by atoms with Crippen LogP contribution in [0.3, 0.4) is 0 Å². The average Bonchev–Trinajstić information content (AvgIpc) is 2.72. The van der Waals surface area contributed by atoms with Gasteiger partial charge >= 0.3 is 0 Å². The highest BCUT2D eigenvalue weighted by molar-refractivity contribution is 6.30. The van der Waals surface area contributed by atoms with Crippen LogP contribution in [0.4, 0.5) is 5.69 Å². The maximum absolute atomic E-state index is 13.0. The van der Waals surface area contributed by atoms with Gasteiger partial charge in [0.05, 0.1) is 18.9 Å². The van der Waals surface area contributed by atoms with E-state index in [0.29, 0.717) is 16.4 Å². The molecule has 1 heterocycles. The smallest absolute Gasteiger partial charge is 0.229 e. The molecule has 0 aromatic heterocycles. The molecule has 1 aliphatic carbocycles. The largest absolute Gasteiger partial charge is 0.497 e. The van der Waals surface area contributed by atoms with E-state index >= 15 is 0 Å². The molecule has 1 aliphatic heterocycles. The summed E-state index contributed by atoms with van der Waals surface area (Å²) in [6, 6.07) is 14.3. The van der Waals surface area contributed by atoms with Gasteiger partial charge in [-0.3, -0.25) is 14.4 Å². The average molecular weight is 425 g/mol. The SMILES string of the molecule is COc1ccc([C@H]2C=C3NC(=O)C[C@H](C(=O)Nc4cccc(Cl)c4)[C@@H]3C(=O)C2)cc1. The number of fused-ring (bicyclic) bond motifs is 1. The molecule has 30 heavy (non-hydrogen) atoms. The van der Waals surface area contributed by atoms with E-state index in [1.54, 1.807) is 31.4 Å². The van der Waals surface area contributed by atoms with Crippen molar-refractivity contribution >= 4 is 34.9 Å². The summed E-state index contributed by atoms with van der Waals surface area (Å²) in [4.78, 5) is 38.3. The van der Waals surface area contributed by atoms with Crippen LogP contribution < -0.4 is 15.4 Å². The van der Waals surface area contributed by atoms with Crippen LogP contribution in [0.5, 0.6) is 5.75 Å². The van der Waals surface area contributed by atoms with Gasteiger partial charge in [-0.1, -0.05) is 35.9 Å². The first-order valence-electron chi connectivity index (χ1n) is 9.69. The van der Waals surface area contributed by atoms with Crippen molar-refractivity contribution in [3.63, 3.8) is 0 Å². The first-order valence-corrected chi connectivity index (χ1v) is 10.1. The van der Waals surface area contributed by atoms with Crippen molar-refractivity contribution in [2.75, 3.05) is 12.4 Å². The number of anilines is 1. The van der Waals surface area contributed by atoms with Crippen LogP contribution in [0.25, 0.3) is 0 Å². The van der Waals surface area contributed by atoms with E-state index in [-0.39, 0.29) is 36.4 Å². The Labute approximate surface area is 179 Å². The molecule has 1 saturated heterocycles. The van der Waals surface area contributed by atoms with Gasteiger partial charge in [-0.25, -0.2) is 0 Å².